The first-order chi connectivity index (χ1) is 31.3. The largest absolute Gasteiger partial charge is 0.457 e. The number of benzene rings is 10. The van der Waals surface area contributed by atoms with E-state index in [2.05, 4.69) is 229 Å². The van der Waals surface area contributed by atoms with Crippen molar-refractivity contribution in [3.8, 4) is 33.8 Å². The molecule has 14 rings (SSSR count). The molecule has 0 saturated heterocycles. The van der Waals surface area contributed by atoms with Crippen LogP contribution >= 0.6 is 11.8 Å². The zero-order chi connectivity index (χ0) is 41.3. The third-order valence-corrected chi connectivity index (χ3v) is 15.3. The smallest absolute Gasteiger partial charge is 0.132 e. The fourth-order valence-corrected chi connectivity index (χ4v) is 13.1. The van der Waals surface area contributed by atoms with Crippen LogP contribution in [0.15, 0.2) is 234 Å². The molecule has 2 nitrogen and oxygen atoms in total. The van der Waals surface area contributed by atoms with Crippen molar-refractivity contribution < 1.29 is 4.74 Å². The molecule has 3 heteroatoms. The van der Waals surface area contributed by atoms with Crippen LogP contribution in [0.1, 0.15) is 44.5 Å². The van der Waals surface area contributed by atoms with Gasteiger partial charge in [0.05, 0.1) is 27.9 Å². The van der Waals surface area contributed by atoms with Gasteiger partial charge in [0.2, 0.25) is 0 Å². The minimum Gasteiger partial charge on any atom is -0.457 e. The van der Waals surface area contributed by atoms with Gasteiger partial charge in [-0.05, 0) is 92.4 Å². The lowest BCUT2D eigenvalue weighted by molar-refractivity contribution is 0.436. The molecule has 0 N–H and O–H groups in total. The Labute approximate surface area is 370 Å². The fourth-order valence-electron chi connectivity index (χ4n) is 11.9. The van der Waals surface area contributed by atoms with Gasteiger partial charge in [-0.2, -0.15) is 0 Å². The lowest BCUT2D eigenvalue weighted by Gasteiger charge is -2.40. The number of hydrogen-bond donors (Lipinski definition) is 0. The molecule has 0 amide bonds. The molecule has 10 aromatic carbocycles. The van der Waals surface area contributed by atoms with Crippen molar-refractivity contribution in [2.24, 2.45) is 0 Å². The van der Waals surface area contributed by atoms with E-state index in [1.807, 2.05) is 11.8 Å². The van der Waals surface area contributed by atoms with Crippen LogP contribution < -0.4 is 9.64 Å². The number of rotatable bonds is 3. The van der Waals surface area contributed by atoms with Crippen molar-refractivity contribution in [1.82, 2.24) is 0 Å². The molecule has 63 heavy (non-hydrogen) atoms. The number of nitrogens with zero attached hydrogens (tertiary/aromatic N) is 1. The average Bonchev–Trinajstić information content (AvgIpc) is 3.81. The lowest BCUT2D eigenvalue weighted by atomic mass is 9.66. The number of hydrogen-bond acceptors (Lipinski definition) is 3. The summed E-state index contributed by atoms with van der Waals surface area (Å²) in [7, 11) is 0. The van der Waals surface area contributed by atoms with Crippen molar-refractivity contribution >= 4 is 39.6 Å². The van der Waals surface area contributed by atoms with Gasteiger partial charge in [-0.1, -0.05) is 194 Å². The van der Waals surface area contributed by atoms with Crippen LogP contribution in [0.25, 0.3) is 33.0 Å². The van der Waals surface area contributed by atoms with Gasteiger partial charge < -0.3 is 9.64 Å². The summed E-state index contributed by atoms with van der Waals surface area (Å²) in [6.45, 7) is 0. The highest BCUT2D eigenvalue weighted by molar-refractivity contribution is 7.99. The summed E-state index contributed by atoms with van der Waals surface area (Å²) in [6, 6.07) is 83.4. The topological polar surface area (TPSA) is 12.5 Å². The van der Waals surface area contributed by atoms with Crippen LogP contribution in [0.3, 0.4) is 0 Å². The second kappa shape index (κ2) is 13.0. The Morgan fingerprint density at radius 3 is 1.30 bits per heavy atom. The highest BCUT2D eigenvalue weighted by Crippen LogP contribution is 2.67. The van der Waals surface area contributed by atoms with Gasteiger partial charge in [0.1, 0.15) is 11.5 Å². The maximum atomic E-state index is 6.74. The van der Waals surface area contributed by atoms with Crippen LogP contribution in [-0.4, -0.2) is 0 Å². The van der Waals surface area contributed by atoms with Crippen LogP contribution in [-0.2, 0) is 10.8 Å². The first-order valence-corrected chi connectivity index (χ1v) is 22.6. The maximum Gasteiger partial charge on any atom is 0.132 e. The second-order valence-corrected chi connectivity index (χ2v) is 18.1. The van der Waals surface area contributed by atoms with Gasteiger partial charge in [-0.15, -0.1) is 0 Å². The SMILES string of the molecule is c1ccc2c(c1)Oc1ccccc1C21c2ccccc2-c2c(N(c3cccc4c3-c3ccccc3C43c4ccccc4Sc4ccccc43)c3cccc4ccccc34)cccc21. The van der Waals surface area contributed by atoms with Crippen LogP contribution in [0.4, 0.5) is 17.1 Å². The van der Waals surface area contributed by atoms with Crippen molar-refractivity contribution in [3.63, 3.8) is 0 Å². The monoisotopic (exact) mass is 819 g/mol. The van der Waals surface area contributed by atoms with E-state index in [1.54, 1.807) is 0 Å². The quantitative estimate of drug-likeness (QED) is 0.176. The Morgan fingerprint density at radius 2 is 0.714 bits per heavy atom. The van der Waals surface area contributed by atoms with E-state index in [-0.39, 0.29) is 0 Å². The summed E-state index contributed by atoms with van der Waals surface area (Å²) in [6.07, 6.45) is 0. The van der Waals surface area contributed by atoms with Gasteiger partial charge in [-0.3, -0.25) is 0 Å². The molecule has 4 aliphatic rings. The molecule has 0 unspecified atom stereocenters. The van der Waals surface area contributed by atoms with Crippen molar-refractivity contribution in [1.29, 1.82) is 0 Å². The van der Waals surface area contributed by atoms with Gasteiger partial charge in [0, 0.05) is 37.4 Å². The van der Waals surface area contributed by atoms with E-state index < -0.39 is 10.8 Å². The molecule has 0 atom stereocenters. The third kappa shape index (κ3) is 4.44. The Bertz CT molecular complexity index is 3270. The van der Waals surface area contributed by atoms with E-state index in [9.17, 15) is 0 Å². The standard InChI is InChI=1S/C60H37NOS/c1-2-20-39-38(18-1)19-15-31-50(39)61(51-32-16-29-48-57(51)40-21-3-5-23-42(40)59(48)44-25-7-11-34-53(44)62-54-35-12-8-26-45(54)59)52-33-17-30-49-58(52)41-22-4-6-24-43(41)60(49)46-27-9-13-36-55(46)63-56-37-14-10-28-47(56)60/h1-37H. The first kappa shape index (κ1) is 35.1. The molecular formula is C60H37NOS. The molecule has 0 bridgehead atoms. The second-order valence-electron chi connectivity index (χ2n) is 17.0. The zero-order valence-electron chi connectivity index (χ0n) is 34.1. The molecule has 10 aromatic rings. The summed E-state index contributed by atoms with van der Waals surface area (Å²) in [5.41, 5.74) is 17.5. The number of para-hydroxylation sites is 2. The van der Waals surface area contributed by atoms with Gasteiger partial charge in [-0.25, -0.2) is 0 Å². The molecule has 2 aliphatic heterocycles. The highest BCUT2D eigenvalue weighted by atomic mass is 32.2. The zero-order valence-corrected chi connectivity index (χ0v) is 34.9. The summed E-state index contributed by atoms with van der Waals surface area (Å²) in [5.74, 6) is 1.79. The summed E-state index contributed by atoms with van der Waals surface area (Å²) in [5, 5.41) is 2.40. The number of ether oxygens (including phenoxy) is 1. The van der Waals surface area contributed by atoms with Crippen LogP contribution in [0, 0.1) is 0 Å². The molecule has 0 saturated carbocycles. The molecule has 2 heterocycles. The summed E-state index contributed by atoms with van der Waals surface area (Å²) in [4.78, 5) is 5.20. The minimum absolute atomic E-state index is 0.504. The van der Waals surface area contributed by atoms with Crippen molar-refractivity contribution in [2.45, 2.75) is 20.6 Å². The normalized spacial score (nSPS) is 14.7. The van der Waals surface area contributed by atoms with Crippen molar-refractivity contribution in [3.05, 3.63) is 269 Å². The molecular weight excluding hydrogens is 783 g/mol. The Kier molecular flexibility index (Phi) is 7.21. The number of anilines is 3. The average molecular weight is 820 g/mol. The van der Waals surface area contributed by atoms with Gasteiger partial charge >= 0.3 is 0 Å². The molecule has 294 valence electrons. The van der Waals surface area contributed by atoms with E-state index >= 15 is 0 Å². The first-order valence-electron chi connectivity index (χ1n) is 21.8. The van der Waals surface area contributed by atoms with Crippen LogP contribution in [0.2, 0.25) is 0 Å². The highest BCUT2D eigenvalue weighted by Gasteiger charge is 2.53. The third-order valence-electron chi connectivity index (χ3n) is 14.2. The van der Waals surface area contributed by atoms with Gasteiger partial charge in [0.15, 0.2) is 0 Å². The van der Waals surface area contributed by atoms with Gasteiger partial charge in [0.25, 0.3) is 0 Å². The molecule has 0 radical (unpaired) electrons. The summed E-state index contributed by atoms with van der Waals surface area (Å²) >= 11 is 1.89. The van der Waals surface area contributed by atoms with E-state index in [0.29, 0.717) is 0 Å². The van der Waals surface area contributed by atoms with E-state index in [1.165, 1.54) is 76.2 Å². The van der Waals surface area contributed by atoms with E-state index in [4.69, 9.17) is 4.74 Å². The lowest BCUT2D eigenvalue weighted by Crippen LogP contribution is -2.32. The molecule has 2 aliphatic carbocycles. The fraction of sp³-hybridized carbons (Fsp3) is 0.0333. The maximum absolute atomic E-state index is 6.74. The Morgan fingerprint density at radius 1 is 0.317 bits per heavy atom. The Hall–Kier alpha value is -7.59. The molecule has 0 aromatic heterocycles. The van der Waals surface area contributed by atoms with Crippen molar-refractivity contribution in [2.75, 3.05) is 4.90 Å². The summed E-state index contributed by atoms with van der Waals surface area (Å²) < 4.78 is 6.74. The van der Waals surface area contributed by atoms with Crippen LogP contribution in [0.5, 0.6) is 11.5 Å². The predicted molar refractivity (Wildman–Crippen MR) is 257 cm³/mol. The van der Waals surface area contributed by atoms with E-state index in [0.717, 1.165) is 39.7 Å². The predicted octanol–water partition coefficient (Wildman–Crippen LogP) is 15.6. The number of fused-ring (bicyclic) bond motifs is 19. The molecule has 2 spiro atoms. The Balaban J connectivity index is 1.13. The minimum atomic E-state index is -0.597. The molecule has 0 fully saturated rings.